The van der Waals surface area contributed by atoms with Gasteiger partial charge >= 0.3 is 0 Å². The largest absolute Gasteiger partial charge is 0.473 e. The van der Waals surface area contributed by atoms with Gasteiger partial charge in [-0.05, 0) is 35.4 Å². The SMILES string of the molecule is Cl.NCc1cc(OCc2cccc(C(=O)NCc3ccnc(Cl)c3)c2)ncn1. The van der Waals surface area contributed by atoms with Gasteiger partial charge in [-0.3, -0.25) is 4.79 Å². The van der Waals surface area contributed by atoms with Crippen LogP contribution in [0.3, 0.4) is 0 Å². The van der Waals surface area contributed by atoms with Crippen LogP contribution in [0.4, 0.5) is 0 Å². The number of hydrogen-bond donors (Lipinski definition) is 2. The zero-order valence-corrected chi connectivity index (χ0v) is 16.4. The molecule has 7 nitrogen and oxygen atoms in total. The van der Waals surface area contributed by atoms with Crippen LogP contribution in [-0.2, 0) is 19.7 Å². The highest BCUT2D eigenvalue weighted by atomic mass is 35.5. The maximum absolute atomic E-state index is 12.4. The molecule has 146 valence electrons. The van der Waals surface area contributed by atoms with Crippen molar-refractivity contribution in [2.45, 2.75) is 19.7 Å². The molecule has 3 aromatic rings. The number of nitrogens with two attached hydrogens (primary N) is 1. The number of halogens is 2. The summed E-state index contributed by atoms with van der Waals surface area (Å²) < 4.78 is 5.65. The van der Waals surface area contributed by atoms with Gasteiger partial charge in [-0.1, -0.05) is 23.7 Å². The molecule has 0 saturated heterocycles. The predicted molar refractivity (Wildman–Crippen MR) is 108 cm³/mol. The number of aromatic nitrogens is 3. The van der Waals surface area contributed by atoms with Crippen LogP contribution in [0.2, 0.25) is 5.15 Å². The fourth-order valence-corrected chi connectivity index (χ4v) is 2.56. The van der Waals surface area contributed by atoms with Crippen LogP contribution in [0, 0.1) is 0 Å². The van der Waals surface area contributed by atoms with Gasteiger partial charge in [0.2, 0.25) is 5.88 Å². The number of benzene rings is 1. The molecule has 0 aliphatic rings. The van der Waals surface area contributed by atoms with Crippen molar-refractivity contribution in [3.8, 4) is 5.88 Å². The Morgan fingerprint density at radius 2 is 1.96 bits per heavy atom. The number of nitrogens with zero attached hydrogens (tertiary/aromatic N) is 3. The van der Waals surface area contributed by atoms with Gasteiger partial charge in [0.25, 0.3) is 5.91 Å². The Hall–Kier alpha value is -2.74. The van der Waals surface area contributed by atoms with E-state index in [0.29, 0.717) is 35.4 Å². The molecule has 0 unspecified atom stereocenters. The summed E-state index contributed by atoms with van der Waals surface area (Å²) in [4.78, 5) is 24.4. The van der Waals surface area contributed by atoms with Crippen molar-refractivity contribution in [3.05, 3.63) is 82.5 Å². The number of carbonyl (C=O) groups is 1. The van der Waals surface area contributed by atoms with Gasteiger partial charge in [-0.15, -0.1) is 12.4 Å². The van der Waals surface area contributed by atoms with E-state index >= 15 is 0 Å². The highest BCUT2D eigenvalue weighted by Gasteiger charge is 2.07. The molecule has 1 amide bonds. The zero-order chi connectivity index (χ0) is 19.1. The molecule has 9 heteroatoms. The maximum atomic E-state index is 12.4. The van der Waals surface area contributed by atoms with Crippen LogP contribution >= 0.6 is 24.0 Å². The predicted octanol–water partition coefficient (Wildman–Crippen LogP) is 2.91. The summed E-state index contributed by atoms with van der Waals surface area (Å²) in [5.74, 6) is 0.257. The lowest BCUT2D eigenvalue weighted by molar-refractivity contribution is 0.0950. The normalized spacial score (nSPS) is 10.1. The van der Waals surface area contributed by atoms with Gasteiger partial charge in [0.05, 0.1) is 5.69 Å². The molecule has 0 spiro atoms. The third-order valence-electron chi connectivity index (χ3n) is 3.73. The van der Waals surface area contributed by atoms with E-state index in [-0.39, 0.29) is 24.9 Å². The molecule has 3 rings (SSSR count). The van der Waals surface area contributed by atoms with Gasteiger partial charge in [0.15, 0.2) is 0 Å². The van der Waals surface area contributed by atoms with Crippen molar-refractivity contribution in [1.82, 2.24) is 20.3 Å². The first-order chi connectivity index (χ1) is 13.1. The van der Waals surface area contributed by atoms with Gasteiger partial charge in [0.1, 0.15) is 18.1 Å². The molecule has 0 radical (unpaired) electrons. The van der Waals surface area contributed by atoms with Crippen LogP contribution in [0.25, 0.3) is 0 Å². The summed E-state index contributed by atoms with van der Waals surface area (Å²) >= 11 is 5.85. The van der Waals surface area contributed by atoms with E-state index in [2.05, 4.69) is 20.3 Å². The fraction of sp³-hybridized carbons (Fsp3) is 0.158. The molecule has 1 aromatic carbocycles. The minimum Gasteiger partial charge on any atom is -0.473 e. The summed E-state index contributed by atoms with van der Waals surface area (Å²) in [6.07, 6.45) is 3.01. The second-order valence-corrected chi connectivity index (χ2v) is 6.10. The first-order valence-electron chi connectivity index (χ1n) is 8.25. The first kappa shape index (κ1) is 21.6. The van der Waals surface area contributed by atoms with E-state index in [1.54, 1.807) is 36.5 Å². The second kappa shape index (κ2) is 10.6. The molecular weight excluding hydrogens is 401 g/mol. The number of rotatable bonds is 7. The Labute approximate surface area is 173 Å². The number of nitrogens with one attached hydrogen (secondary N) is 1. The molecule has 0 aliphatic heterocycles. The molecule has 0 saturated carbocycles. The van der Waals surface area contributed by atoms with Gasteiger partial charge in [-0.25, -0.2) is 15.0 Å². The standard InChI is InChI=1S/C19H18ClN5O2.ClH/c20-17-7-13(4-5-22-17)10-23-19(26)15-3-1-2-14(6-15)11-27-18-8-16(9-21)24-12-25-18;/h1-8,12H,9-11,21H2,(H,23,26);1H. The van der Waals surface area contributed by atoms with Crippen LogP contribution in [-0.4, -0.2) is 20.9 Å². The summed E-state index contributed by atoms with van der Waals surface area (Å²) in [5.41, 5.74) is 8.53. The molecular formula is C19H19Cl2N5O2. The van der Waals surface area contributed by atoms with Crippen LogP contribution in [0.5, 0.6) is 5.88 Å². The molecule has 0 fully saturated rings. The van der Waals surface area contributed by atoms with Crippen molar-refractivity contribution in [2.24, 2.45) is 5.73 Å². The van der Waals surface area contributed by atoms with Crippen LogP contribution < -0.4 is 15.8 Å². The highest BCUT2D eigenvalue weighted by molar-refractivity contribution is 6.29. The lowest BCUT2D eigenvalue weighted by Gasteiger charge is -2.09. The monoisotopic (exact) mass is 419 g/mol. The molecule has 0 bridgehead atoms. The average molecular weight is 420 g/mol. The van der Waals surface area contributed by atoms with Crippen LogP contribution in [0.1, 0.15) is 27.2 Å². The quantitative estimate of drug-likeness (QED) is 0.570. The molecule has 2 aromatic heterocycles. The number of carbonyl (C=O) groups excluding carboxylic acids is 1. The van der Waals surface area contributed by atoms with E-state index in [9.17, 15) is 4.79 Å². The van der Waals surface area contributed by atoms with Crippen molar-refractivity contribution in [2.75, 3.05) is 0 Å². The van der Waals surface area contributed by atoms with E-state index < -0.39 is 0 Å². The minimum atomic E-state index is -0.183. The van der Waals surface area contributed by atoms with E-state index in [1.807, 2.05) is 12.1 Å². The van der Waals surface area contributed by atoms with Gasteiger partial charge in [-0.2, -0.15) is 0 Å². The summed E-state index contributed by atoms with van der Waals surface area (Å²) in [7, 11) is 0. The molecule has 28 heavy (non-hydrogen) atoms. The Morgan fingerprint density at radius 3 is 2.75 bits per heavy atom. The number of amides is 1. The van der Waals surface area contributed by atoms with Gasteiger partial charge in [0, 0.05) is 30.9 Å². The number of hydrogen-bond acceptors (Lipinski definition) is 6. The lowest BCUT2D eigenvalue weighted by Crippen LogP contribution is -2.23. The van der Waals surface area contributed by atoms with E-state index in [4.69, 9.17) is 22.1 Å². The Bertz CT molecular complexity index is 939. The van der Waals surface area contributed by atoms with Crippen molar-refractivity contribution < 1.29 is 9.53 Å². The molecule has 2 heterocycles. The van der Waals surface area contributed by atoms with E-state index in [1.165, 1.54) is 6.33 Å². The van der Waals surface area contributed by atoms with Crippen molar-refractivity contribution in [3.63, 3.8) is 0 Å². The zero-order valence-electron chi connectivity index (χ0n) is 14.8. The van der Waals surface area contributed by atoms with Crippen molar-refractivity contribution in [1.29, 1.82) is 0 Å². The minimum absolute atomic E-state index is 0. The molecule has 0 atom stereocenters. The smallest absolute Gasteiger partial charge is 0.251 e. The lowest BCUT2D eigenvalue weighted by atomic mass is 10.1. The topological polar surface area (TPSA) is 103 Å². The maximum Gasteiger partial charge on any atom is 0.251 e. The summed E-state index contributed by atoms with van der Waals surface area (Å²) in [6.45, 7) is 0.962. The third kappa shape index (κ3) is 6.16. The fourth-order valence-electron chi connectivity index (χ4n) is 2.36. The molecule has 3 N–H and O–H groups in total. The number of ether oxygens (including phenoxy) is 1. The van der Waals surface area contributed by atoms with Gasteiger partial charge < -0.3 is 15.8 Å². The highest BCUT2D eigenvalue weighted by Crippen LogP contribution is 2.12. The van der Waals surface area contributed by atoms with E-state index in [0.717, 1.165) is 11.1 Å². The third-order valence-corrected chi connectivity index (χ3v) is 3.93. The second-order valence-electron chi connectivity index (χ2n) is 5.71. The first-order valence-corrected chi connectivity index (χ1v) is 8.63. The summed E-state index contributed by atoms with van der Waals surface area (Å²) in [5, 5.41) is 3.25. The Kier molecular flexibility index (Phi) is 8.13. The number of pyridine rings is 1. The Morgan fingerprint density at radius 1 is 1.11 bits per heavy atom. The van der Waals surface area contributed by atoms with Crippen molar-refractivity contribution >= 4 is 29.9 Å². The molecule has 0 aliphatic carbocycles. The Balaban J connectivity index is 0.00000280. The average Bonchev–Trinajstić information content (AvgIpc) is 2.71. The summed E-state index contributed by atoms with van der Waals surface area (Å²) in [6, 6.07) is 12.4. The van der Waals surface area contributed by atoms with Crippen LogP contribution in [0.15, 0.2) is 55.0 Å².